The van der Waals surface area contributed by atoms with Crippen LogP contribution in [0.1, 0.15) is 49.3 Å². The summed E-state index contributed by atoms with van der Waals surface area (Å²) in [6.07, 6.45) is 3.52. The van der Waals surface area contributed by atoms with Crippen LogP contribution >= 0.6 is 15.9 Å². The molecular formula is C20H23BrFNO. The van der Waals surface area contributed by atoms with Gasteiger partial charge in [0.05, 0.1) is 7.11 Å². The number of hydrogen-bond donors (Lipinski definition) is 1. The zero-order chi connectivity index (χ0) is 17.1. The fraction of sp³-hybridized carbons (Fsp3) is 0.400. The van der Waals surface area contributed by atoms with Gasteiger partial charge in [0.25, 0.3) is 0 Å². The van der Waals surface area contributed by atoms with Gasteiger partial charge in [-0.2, -0.15) is 0 Å². The Bertz CT molecular complexity index is 689. The van der Waals surface area contributed by atoms with Gasteiger partial charge in [-0.1, -0.05) is 34.1 Å². The number of nitrogens with one attached hydrogen (secondary N) is 1. The Morgan fingerprint density at radius 3 is 2.62 bits per heavy atom. The molecule has 0 unspecified atom stereocenters. The molecule has 0 radical (unpaired) electrons. The van der Waals surface area contributed by atoms with Gasteiger partial charge in [0, 0.05) is 16.6 Å². The van der Waals surface area contributed by atoms with Crippen molar-refractivity contribution in [2.75, 3.05) is 7.11 Å². The molecule has 0 amide bonds. The Kier molecular flexibility index (Phi) is 5.57. The molecule has 4 heteroatoms. The average molecular weight is 392 g/mol. The third-order valence-electron chi connectivity index (χ3n) is 4.93. The van der Waals surface area contributed by atoms with Crippen LogP contribution in [0.3, 0.4) is 0 Å². The van der Waals surface area contributed by atoms with E-state index >= 15 is 0 Å². The SMILES string of the molecule is COc1cc([C@@H](C)N[C@H]2CC[C@@H](c3ccc(Br)cc3)C2)ccc1F. The lowest BCUT2D eigenvalue weighted by Gasteiger charge is -2.21. The van der Waals surface area contributed by atoms with Gasteiger partial charge in [0.1, 0.15) is 0 Å². The Balaban J connectivity index is 1.61. The molecule has 3 atom stereocenters. The van der Waals surface area contributed by atoms with E-state index in [0.717, 1.165) is 16.5 Å². The fourth-order valence-electron chi connectivity index (χ4n) is 3.57. The molecule has 2 nitrogen and oxygen atoms in total. The third-order valence-corrected chi connectivity index (χ3v) is 5.46. The minimum atomic E-state index is -0.315. The maximum Gasteiger partial charge on any atom is 0.165 e. The molecule has 2 aromatic rings. The van der Waals surface area contributed by atoms with Crippen LogP contribution in [0.2, 0.25) is 0 Å². The number of rotatable bonds is 5. The van der Waals surface area contributed by atoms with Crippen molar-refractivity contribution >= 4 is 15.9 Å². The van der Waals surface area contributed by atoms with E-state index < -0.39 is 0 Å². The van der Waals surface area contributed by atoms with Crippen molar-refractivity contribution in [1.82, 2.24) is 5.32 Å². The molecule has 0 spiro atoms. The first-order valence-electron chi connectivity index (χ1n) is 8.41. The van der Waals surface area contributed by atoms with Gasteiger partial charge in [-0.05, 0) is 67.5 Å². The molecule has 0 aromatic heterocycles. The van der Waals surface area contributed by atoms with Crippen LogP contribution < -0.4 is 10.1 Å². The van der Waals surface area contributed by atoms with Crippen LogP contribution in [-0.2, 0) is 0 Å². The lowest BCUT2D eigenvalue weighted by Crippen LogP contribution is -2.29. The van der Waals surface area contributed by atoms with Crippen molar-refractivity contribution in [3.8, 4) is 5.75 Å². The predicted octanol–water partition coefficient (Wildman–Crippen LogP) is 5.58. The number of ether oxygens (including phenoxy) is 1. The summed E-state index contributed by atoms with van der Waals surface area (Å²) < 4.78 is 19.8. The minimum absolute atomic E-state index is 0.174. The van der Waals surface area contributed by atoms with Crippen LogP contribution in [0.4, 0.5) is 4.39 Å². The molecule has 1 aliphatic rings. The molecular weight excluding hydrogens is 369 g/mol. The van der Waals surface area contributed by atoms with Gasteiger partial charge in [-0.25, -0.2) is 4.39 Å². The summed E-state index contributed by atoms with van der Waals surface area (Å²) in [7, 11) is 1.50. The van der Waals surface area contributed by atoms with E-state index in [9.17, 15) is 4.39 Å². The topological polar surface area (TPSA) is 21.3 Å². The molecule has 128 valence electrons. The standard InChI is InChI=1S/C20H23BrFNO/c1-13(15-6-10-19(22)20(12-15)24-2)23-18-9-5-16(11-18)14-3-7-17(21)8-4-14/h3-4,6-8,10,12-13,16,18,23H,5,9,11H2,1-2H3/t13-,16-,18+/m1/s1. The zero-order valence-corrected chi connectivity index (χ0v) is 15.6. The van der Waals surface area contributed by atoms with Gasteiger partial charge in [-0.3, -0.25) is 0 Å². The van der Waals surface area contributed by atoms with Crippen LogP contribution in [0, 0.1) is 5.82 Å². The van der Waals surface area contributed by atoms with Gasteiger partial charge in [-0.15, -0.1) is 0 Å². The molecule has 24 heavy (non-hydrogen) atoms. The van der Waals surface area contributed by atoms with E-state index in [2.05, 4.69) is 52.4 Å². The van der Waals surface area contributed by atoms with E-state index in [1.54, 1.807) is 6.07 Å². The number of benzene rings is 2. The average Bonchev–Trinajstić information content (AvgIpc) is 3.04. The van der Waals surface area contributed by atoms with Crippen LogP contribution in [-0.4, -0.2) is 13.2 Å². The lowest BCUT2D eigenvalue weighted by atomic mass is 9.97. The smallest absolute Gasteiger partial charge is 0.165 e. The Morgan fingerprint density at radius 2 is 1.92 bits per heavy atom. The Morgan fingerprint density at radius 1 is 1.17 bits per heavy atom. The zero-order valence-electron chi connectivity index (χ0n) is 14.1. The molecule has 1 N–H and O–H groups in total. The maximum absolute atomic E-state index is 13.6. The largest absolute Gasteiger partial charge is 0.494 e. The number of halogens is 2. The number of methoxy groups -OCH3 is 1. The highest BCUT2D eigenvalue weighted by molar-refractivity contribution is 9.10. The van der Waals surface area contributed by atoms with Gasteiger partial charge in [0.2, 0.25) is 0 Å². The molecule has 1 saturated carbocycles. The van der Waals surface area contributed by atoms with Crippen LogP contribution in [0.15, 0.2) is 46.9 Å². The minimum Gasteiger partial charge on any atom is -0.494 e. The van der Waals surface area contributed by atoms with Crippen molar-refractivity contribution in [3.05, 3.63) is 63.9 Å². The van der Waals surface area contributed by atoms with E-state index in [1.165, 1.54) is 31.6 Å². The van der Waals surface area contributed by atoms with E-state index in [1.807, 2.05) is 6.07 Å². The highest BCUT2D eigenvalue weighted by Crippen LogP contribution is 2.36. The molecule has 2 aromatic carbocycles. The highest BCUT2D eigenvalue weighted by Gasteiger charge is 2.27. The monoisotopic (exact) mass is 391 g/mol. The summed E-state index contributed by atoms with van der Waals surface area (Å²) in [6, 6.07) is 14.4. The van der Waals surface area contributed by atoms with E-state index in [4.69, 9.17) is 4.74 Å². The molecule has 0 bridgehead atoms. The van der Waals surface area contributed by atoms with Crippen LogP contribution in [0.5, 0.6) is 5.75 Å². The van der Waals surface area contributed by atoms with Crippen molar-refractivity contribution in [2.24, 2.45) is 0 Å². The summed E-state index contributed by atoms with van der Waals surface area (Å²) in [5.74, 6) is 0.607. The van der Waals surface area contributed by atoms with Crippen LogP contribution in [0.25, 0.3) is 0 Å². The van der Waals surface area contributed by atoms with Gasteiger partial charge in [0.15, 0.2) is 11.6 Å². The molecule has 1 fully saturated rings. The summed E-state index contributed by atoms with van der Waals surface area (Å²) in [5, 5.41) is 3.69. The highest BCUT2D eigenvalue weighted by atomic mass is 79.9. The van der Waals surface area contributed by atoms with Crippen molar-refractivity contribution in [2.45, 2.75) is 44.2 Å². The molecule has 3 rings (SSSR count). The first-order chi connectivity index (χ1) is 11.6. The lowest BCUT2D eigenvalue weighted by molar-refractivity contribution is 0.384. The number of hydrogen-bond acceptors (Lipinski definition) is 2. The first kappa shape index (κ1) is 17.4. The van der Waals surface area contributed by atoms with E-state index in [-0.39, 0.29) is 11.9 Å². The first-order valence-corrected chi connectivity index (χ1v) is 9.21. The maximum atomic E-state index is 13.6. The van der Waals surface area contributed by atoms with E-state index in [0.29, 0.717) is 17.7 Å². The van der Waals surface area contributed by atoms with Crippen molar-refractivity contribution in [3.63, 3.8) is 0 Å². The molecule has 0 saturated heterocycles. The second kappa shape index (κ2) is 7.66. The van der Waals surface area contributed by atoms with Crippen molar-refractivity contribution < 1.29 is 9.13 Å². The second-order valence-corrected chi connectivity index (χ2v) is 7.46. The predicted molar refractivity (Wildman–Crippen MR) is 99.0 cm³/mol. The second-order valence-electron chi connectivity index (χ2n) is 6.54. The van der Waals surface area contributed by atoms with Gasteiger partial charge >= 0.3 is 0 Å². The fourth-order valence-corrected chi connectivity index (χ4v) is 3.83. The summed E-state index contributed by atoms with van der Waals surface area (Å²) in [5.41, 5.74) is 2.47. The quantitative estimate of drug-likeness (QED) is 0.717. The van der Waals surface area contributed by atoms with Crippen molar-refractivity contribution in [1.29, 1.82) is 0 Å². The Labute approximate surface area is 151 Å². The summed E-state index contributed by atoms with van der Waals surface area (Å²) >= 11 is 3.49. The third kappa shape index (κ3) is 3.98. The summed E-state index contributed by atoms with van der Waals surface area (Å²) in [6.45, 7) is 2.12. The molecule has 0 heterocycles. The Hall–Kier alpha value is -1.39. The summed E-state index contributed by atoms with van der Waals surface area (Å²) in [4.78, 5) is 0. The normalized spacial score (nSPS) is 21.7. The van der Waals surface area contributed by atoms with Gasteiger partial charge < -0.3 is 10.1 Å². The molecule has 1 aliphatic carbocycles. The molecule has 0 aliphatic heterocycles.